The van der Waals surface area contributed by atoms with Crippen LogP contribution in [0, 0.1) is 5.41 Å². The minimum Gasteiger partial charge on any atom is -0.354 e. The second-order valence-electron chi connectivity index (χ2n) is 5.33. The molecule has 5 nitrogen and oxygen atoms in total. The van der Waals surface area contributed by atoms with E-state index in [1.54, 1.807) is 12.5 Å². The Kier molecular flexibility index (Phi) is 4.69. The molecule has 0 spiro atoms. The number of carbonyl (C=O) groups is 1. The van der Waals surface area contributed by atoms with Crippen LogP contribution in [0.3, 0.4) is 0 Å². The first-order valence-electron chi connectivity index (χ1n) is 5.87. The summed E-state index contributed by atoms with van der Waals surface area (Å²) in [6, 6.07) is -0.115. The van der Waals surface area contributed by atoms with Crippen molar-refractivity contribution in [2.45, 2.75) is 39.8 Å². The van der Waals surface area contributed by atoms with Gasteiger partial charge in [0, 0.05) is 37.9 Å². The molecule has 0 fully saturated rings. The Hall–Kier alpha value is -1.36. The van der Waals surface area contributed by atoms with E-state index >= 15 is 0 Å². The van der Waals surface area contributed by atoms with Crippen LogP contribution in [0.5, 0.6) is 0 Å². The molecule has 5 heteroatoms. The van der Waals surface area contributed by atoms with E-state index in [0.717, 1.165) is 6.54 Å². The molecule has 96 valence electrons. The Bertz CT molecular complexity index is 340. The number of imidazole rings is 1. The number of hydrogen-bond acceptors (Lipinski definition) is 3. The molecule has 1 atom stereocenters. The summed E-state index contributed by atoms with van der Waals surface area (Å²) in [4.78, 5) is 15.5. The van der Waals surface area contributed by atoms with Crippen LogP contribution in [-0.4, -0.2) is 28.0 Å². The van der Waals surface area contributed by atoms with Crippen molar-refractivity contribution in [3.63, 3.8) is 0 Å². The fraction of sp³-hybridized carbons (Fsp3) is 0.667. The number of amides is 1. The predicted molar refractivity (Wildman–Crippen MR) is 67.3 cm³/mol. The number of rotatable bonds is 5. The van der Waals surface area contributed by atoms with Gasteiger partial charge in [-0.3, -0.25) is 4.79 Å². The number of carbonyl (C=O) groups excluding carboxylic acids is 1. The first-order valence-corrected chi connectivity index (χ1v) is 5.87. The van der Waals surface area contributed by atoms with Crippen molar-refractivity contribution in [3.05, 3.63) is 18.7 Å². The van der Waals surface area contributed by atoms with E-state index in [4.69, 9.17) is 5.73 Å². The SMILES string of the molecule is CC(C)(C)C(N)CC(=O)NCCn1ccnc1. The highest BCUT2D eigenvalue weighted by Gasteiger charge is 2.22. The zero-order valence-corrected chi connectivity index (χ0v) is 10.8. The van der Waals surface area contributed by atoms with E-state index in [1.807, 2.05) is 31.5 Å². The Morgan fingerprint density at radius 1 is 1.53 bits per heavy atom. The summed E-state index contributed by atoms with van der Waals surface area (Å²) in [7, 11) is 0. The molecule has 0 aromatic carbocycles. The van der Waals surface area contributed by atoms with Crippen LogP contribution in [0.2, 0.25) is 0 Å². The van der Waals surface area contributed by atoms with Gasteiger partial charge in [-0.05, 0) is 5.41 Å². The Balaban J connectivity index is 2.22. The van der Waals surface area contributed by atoms with Crippen molar-refractivity contribution >= 4 is 5.91 Å². The smallest absolute Gasteiger partial charge is 0.221 e. The minimum absolute atomic E-state index is 0.00698. The minimum atomic E-state index is -0.115. The number of nitrogens with two attached hydrogens (primary N) is 1. The molecule has 3 N–H and O–H groups in total. The maximum atomic E-state index is 11.6. The number of nitrogens with zero attached hydrogens (tertiary/aromatic N) is 2. The summed E-state index contributed by atoms with van der Waals surface area (Å²) in [5, 5.41) is 2.86. The van der Waals surface area contributed by atoms with Crippen molar-refractivity contribution in [2.24, 2.45) is 11.1 Å². The third-order valence-corrected chi connectivity index (χ3v) is 2.77. The molecule has 1 amide bonds. The normalized spacial score (nSPS) is 13.4. The van der Waals surface area contributed by atoms with Gasteiger partial charge in [-0.2, -0.15) is 0 Å². The van der Waals surface area contributed by atoms with Gasteiger partial charge in [0.2, 0.25) is 5.91 Å². The lowest BCUT2D eigenvalue weighted by atomic mass is 9.85. The van der Waals surface area contributed by atoms with Crippen molar-refractivity contribution < 1.29 is 4.79 Å². The molecule has 0 saturated heterocycles. The average molecular weight is 238 g/mol. The predicted octanol–water partition coefficient (Wildman–Crippen LogP) is 0.763. The summed E-state index contributed by atoms with van der Waals surface area (Å²) in [5.74, 6) is 0.00698. The van der Waals surface area contributed by atoms with E-state index in [9.17, 15) is 4.79 Å². The van der Waals surface area contributed by atoms with E-state index < -0.39 is 0 Å². The molecule has 1 heterocycles. The zero-order chi connectivity index (χ0) is 12.9. The van der Waals surface area contributed by atoms with E-state index in [2.05, 4.69) is 10.3 Å². The molecule has 0 radical (unpaired) electrons. The lowest BCUT2D eigenvalue weighted by molar-refractivity contribution is -0.121. The molecule has 17 heavy (non-hydrogen) atoms. The standard InChI is InChI=1S/C12H22N4O/c1-12(2,3)10(13)8-11(17)15-5-7-16-6-4-14-9-16/h4,6,9-10H,5,7-8,13H2,1-3H3,(H,15,17). The van der Waals surface area contributed by atoms with Gasteiger partial charge in [0.05, 0.1) is 6.33 Å². The second kappa shape index (κ2) is 5.82. The molecule has 0 aliphatic rings. The van der Waals surface area contributed by atoms with Gasteiger partial charge in [-0.15, -0.1) is 0 Å². The zero-order valence-electron chi connectivity index (χ0n) is 10.8. The molecule has 0 aliphatic carbocycles. The topological polar surface area (TPSA) is 72.9 Å². The third kappa shape index (κ3) is 4.99. The largest absolute Gasteiger partial charge is 0.354 e. The third-order valence-electron chi connectivity index (χ3n) is 2.77. The molecule has 1 aromatic heterocycles. The van der Waals surface area contributed by atoms with Gasteiger partial charge in [0.1, 0.15) is 0 Å². The highest BCUT2D eigenvalue weighted by Crippen LogP contribution is 2.19. The van der Waals surface area contributed by atoms with Gasteiger partial charge in [0.25, 0.3) is 0 Å². The van der Waals surface area contributed by atoms with Gasteiger partial charge in [-0.1, -0.05) is 20.8 Å². The number of hydrogen-bond donors (Lipinski definition) is 2. The summed E-state index contributed by atoms with van der Waals surface area (Å²) >= 11 is 0. The van der Waals surface area contributed by atoms with Crippen LogP contribution >= 0.6 is 0 Å². The monoisotopic (exact) mass is 238 g/mol. The fourth-order valence-electron chi connectivity index (χ4n) is 1.32. The first kappa shape index (κ1) is 13.7. The Labute approximate surface area is 102 Å². The van der Waals surface area contributed by atoms with E-state index in [-0.39, 0.29) is 17.4 Å². The highest BCUT2D eigenvalue weighted by molar-refractivity contribution is 5.76. The fourth-order valence-corrected chi connectivity index (χ4v) is 1.32. The summed E-state index contributed by atoms with van der Waals surface area (Å²) < 4.78 is 1.92. The molecule has 0 aliphatic heterocycles. The summed E-state index contributed by atoms with van der Waals surface area (Å²) in [5.41, 5.74) is 5.90. The van der Waals surface area contributed by atoms with Gasteiger partial charge in [0.15, 0.2) is 0 Å². The quantitative estimate of drug-likeness (QED) is 0.795. The lowest BCUT2D eigenvalue weighted by Crippen LogP contribution is -2.40. The van der Waals surface area contributed by atoms with Crippen LogP contribution in [0.1, 0.15) is 27.2 Å². The first-order chi connectivity index (χ1) is 7.89. The molecule has 1 aromatic rings. The van der Waals surface area contributed by atoms with Crippen molar-refractivity contribution in [2.75, 3.05) is 6.54 Å². The van der Waals surface area contributed by atoms with Crippen LogP contribution in [0.4, 0.5) is 0 Å². The van der Waals surface area contributed by atoms with Crippen LogP contribution < -0.4 is 11.1 Å². The summed E-state index contributed by atoms with van der Waals surface area (Å²) in [6.07, 6.45) is 5.69. The number of aromatic nitrogens is 2. The average Bonchev–Trinajstić information content (AvgIpc) is 2.69. The second-order valence-corrected chi connectivity index (χ2v) is 5.33. The van der Waals surface area contributed by atoms with Gasteiger partial charge < -0.3 is 15.6 Å². The maximum absolute atomic E-state index is 11.6. The Morgan fingerprint density at radius 3 is 2.76 bits per heavy atom. The highest BCUT2D eigenvalue weighted by atomic mass is 16.1. The molecular formula is C12H22N4O. The molecule has 1 rings (SSSR count). The van der Waals surface area contributed by atoms with Crippen molar-refractivity contribution in [3.8, 4) is 0 Å². The lowest BCUT2D eigenvalue weighted by Gasteiger charge is -2.26. The van der Waals surface area contributed by atoms with Gasteiger partial charge >= 0.3 is 0 Å². The molecule has 0 bridgehead atoms. The van der Waals surface area contributed by atoms with Crippen molar-refractivity contribution in [1.29, 1.82) is 0 Å². The van der Waals surface area contributed by atoms with Crippen LogP contribution in [0.15, 0.2) is 18.7 Å². The van der Waals surface area contributed by atoms with Crippen LogP contribution in [-0.2, 0) is 11.3 Å². The van der Waals surface area contributed by atoms with Crippen LogP contribution in [0.25, 0.3) is 0 Å². The molecule has 0 saturated carbocycles. The van der Waals surface area contributed by atoms with Gasteiger partial charge in [-0.25, -0.2) is 4.98 Å². The van der Waals surface area contributed by atoms with Crippen molar-refractivity contribution in [1.82, 2.24) is 14.9 Å². The maximum Gasteiger partial charge on any atom is 0.221 e. The van der Waals surface area contributed by atoms with E-state index in [1.165, 1.54) is 0 Å². The molecule has 1 unspecified atom stereocenters. The molecular weight excluding hydrogens is 216 g/mol. The number of nitrogens with one attached hydrogen (secondary N) is 1. The summed E-state index contributed by atoms with van der Waals surface area (Å²) in [6.45, 7) is 7.45. The Morgan fingerprint density at radius 2 is 2.24 bits per heavy atom. The van der Waals surface area contributed by atoms with E-state index in [0.29, 0.717) is 13.0 Å².